The van der Waals surface area contributed by atoms with Gasteiger partial charge in [0.1, 0.15) is 42.0 Å². The van der Waals surface area contributed by atoms with Gasteiger partial charge in [-0.3, -0.25) is 9.59 Å². The number of rotatable bonds is 13. The molecule has 2 aliphatic rings. The molecular formula is C39H55ClF2N4O6. The molecule has 0 bridgehead atoms. The van der Waals surface area contributed by atoms with E-state index in [1.807, 2.05) is 0 Å². The maximum atomic E-state index is 13.8. The van der Waals surface area contributed by atoms with Crippen LogP contribution in [-0.4, -0.2) is 61.9 Å². The van der Waals surface area contributed by atoms with Gasteiger partial charge in [-0.15, -0.1) is 12.4 Å². The molecule has 0 aromatic heterocycles. The first-order valence-corrected chi connectivity index (χ1v) is 17.9. The van der Waals surface area contributed by atoms with Crippen molar-refractivity contribution in [3.05, 3.63) is 83.5 Å². The van der Waals surface area contributed by atoms with Crippen LogP contribution >= 0.6 is 12.4 Å². The summed E-state index contributed by atoms with van der Waals surface area (Å²) in [4.78, 5) is 35.9. The maximum absolute atomic E-state index is 13.8. The first-order chi connectivity index (χ1) is 24.4. The quantitative estimate of drug-likeness (QED) is 0.163. The Hall–Kier alpha value is -4.16. The fourth-order valence-corrected chi connectivity index (χ4v) is 5.55. The molecule has 2 aliphatic carbocycles. The molecule has 10 nitrogen and oxygen atoms in total. The first kappa shape index (κ1) is 44.0. The van der Waals surface area contributed by atoms with Gasteiger partial charge in [0.2, 0.25) is 0 Å². The summed E-state index contributed by atoms with van der Waals surface area (Å²) >= 11 is 0. The van der Waals surface area contributed by atoms with Crippen molar-refractivity contribution in [3.63, 3.8) is 0 Å². The average Bonchev–Trinajstić information content (AvgIpc) is 3.11. The summed E-state index contributed by atoms with van der Waals surface area (Å²) in [7, 11) is 0. The van der Waals surface area contributed by atoms with Crippen molar-refractivity contribution in [3.8, 4) is 11.5 Å². The van der Waals surface area contributed by atoms with Gasteiger partial charge >= 0.3 is 6.09 Å². The van der Waals surface area contributed by atoms with Crippen LogP contribution in [0.4, 0.5) is 13.6 Å². The molecule has 3 amide bonds. The molecule has 2 fully saturated rings. The maximum Gasteiger partial charge on any atom is 0.407 e. The Labute approximate surface area is 312 Å². The van der Waals surface area contributed by atoms with Crippen molar-refractivity contribution in [1.29, 1.82) is 0 Å². The number of carbonyl (C=O) groups is 3. The van der Waals surface area contributed by atoms with E-state index in [-0.39, 0.29) is 62.6 Å². The first-order valence-electron chi connectivity index (χ1n) is 17.9. The van der Waals surface area contributed by atoms with E-state index in [2.05, 4.69) is 16.0 Å². The van der Waals surface area contributed by atoms with E-state index >= 15 is 0 Å². The lowest BCUT2D eigenvalue weighted by atomic mass is 9.95. The van der Waals surface area contributed by atoms with Crippen LogP contribution in [0.2, 0.25) is 0 Å². The van der Waals surface area contributed by atoms with Crippen molar-refractivity contribution >= 4 is 30.3 Å². The molecule has 0 atom stereocenters. The highest BCUT2D eigenvalue weighted by Gasteiger charge is 2.18. The molecule has 13 heteroatoms. The van der Waals surface area contributed by atoms with Gasteiger partial charge in [-0.2, -0.15) is 0 Å². The Morgan fingerprint density at radius 1 is 0.712 bits per heavy atom. The summed E-state index contributed by atoms with van der Waals surface area (Å²) in [6.07, 6.45) is 13.2. The smallest absolute Gasteiger partial charge is 0.407 e. The third kappa shape index (κ3) is 17.9. The zero-order chi connectivity index (χ0) is 37.1. The predicted octanol–water partition coefficient (Wildman–Crippen LogP) is 7.87. The molecule has 2 aromatic carbocycles. The Morgan fingerprint density at radius 2 is 1.12 bits per heavy atom. The lowest BCUT2D eigenvalue weighted by molar-refractivity contribution is 0.0533. The van der Waals surface area contributed by atoms with E-state index in [9.17, 15) is 23.2 Å². The minimum atomic E-state index is -0.607. The number of carbonyl (C=O) groups excluding carboxylic acids is 3. The second kappa shape index (κ2) is 23.4. The van der Waals surface area contributed by atoms with E-state index in [0.29, 0.717) is 22.6 Å². The third-order valence-electron chi connectivity index (χ3n) is 8.18. The van der Waals surface area contributed by atoms with E-state index in [1.54, 1.807) is 69.3 Å². The standard InChI is InChI=1S/C22H31FN2O4.C17H23FN2O2.ClH/c1-22(2,3)29-21(27)24-14-13-17(23)15-28-19-11-9-16(10-12-19)20(26)25-18-7-5-4-6-8-18;18-14(10-11-19)12-22-16-8-6-13(7-9-16)17(21)20-15-4-2-1-3-5-15;/h9-13,18H,4-8,14-15H2,1-3H3,(H,24,27)(H,25,26);6-10,15H,1-5,11-12,19H2,(H,20,21);1H/b17-13+;14-10+;. The summed E-state index contributed by atoms with van der Waals surface area (Å²) in [6, 6.07) is 13.9. The molecule has 5 N–H and O–H groups in total. The molecule has 0 radical (unpaired) electrons. The SMILES string of the molecule is CC(C)(C)OC(=O)NC/C=C(/F)COc1ccc(C(=O)NC2CCCCC2)cc1.Cl.NC/C=C(/F)COc1ccc(C(=O)NC2CCCCC2)cc1. The zero-order valence-corrected chi connectivity index (χ0v) is 31.3. The van der Waals surface area contributed by atoms with Gasteiger partial charge in [-0.25, -0.2) is 13.6 Å². The zero-order valence-electron chi connectivity index (χ0n) is 30.5. The number of ether oxygens (including phenoxy) is 3. The number of nitrogens with two attached hydrogens (primary N) is 1. The minimum Gasteiger partial charge on any atom is -0.487 e. The highest BCUT2D eigenvalue weighted by Crippen LogP contribution is 2.20. The lowest BCUT2D eigenvalue weighted by Crippen LogP contribution is -2.36. The monoisotopic (exact) mass is 748 g/mol. The van der Waals surface area contributed by atoms with E-state index in [1.165, 1.54) is 37.8 Å². The summed E-state index contributed by atoms with van der Waals surface area (Å²) in [6.45, 7) is 5.00. The molecule has 2 saturated carbocycles. The highest BCUT2D eigenvalue weighted by molar-refractivity contribution is 5.95. The molecule has 52 heavy (non-hydrogen) atoms. The number of nitrogens with one attached hydrogen (secondary N) is 3. The van der Waals surface area contributed by atoms with Crippen LogP contribution in [0.25, 0.3) is 0 Å². The van der Waals surface area contributed by atoms with Crippen LogP contribution in [-0.2, 0) is 4.74 Å². The molecule has 288 valence electrons. The Bertz CT molecular complexity index is 1440. The van der Waals surface area contributed by atoms with Gasteiger partial charge < -0.3 is 35.9 Å². The second-order valence-corrected chi connectivity index (χ2v) is 13.7. The fourth-order valence-electron chi connectivity index (χ4n) is 5.55. The number of halogens is 3. The Balaban J connectivity index is 0.000000366. The number of alkyl carbamates (subject to hydrolysis) is 1. The molecule has 2 aromatic rings. The van der Waals surface area contributed by atoms with E-state index < -0.39 is 23.3 Å². The van der Waals surface area contributed by atoms with Gasteiger partial charge in [-0.05, 0) is 107 Å². The van der Waals surface area contributed by atoms with Crippen LogP contribution in [0.5, 0.6) is 11.5 Å². The van der Waals surface area contributed by atoms with Crippen molar-refractivity contribution < 1.29 is 37.4 Å². The Morgan fingerprint density at radius 3 is 1.50 bits per heavy atom. The Kier molecular flexibility index (Phi) is 19.8. The fraction of sp³-hybridized carbons (Fsp3) is 0.513. The van der Waals surface area contributed by atoms with Gasteiger partial charge in [-0.1, -0.05) is 38.5 Å². The third-order valence-corrected chi connectivity index (χ3v) is 8.18. The highest BCUT2D eigenvalue weighted by atomic mass is 35.5. The lowest BCUT2D eigenvalue weighted by Gasteiger charge is -2.22. The summed E-state index contributed by atoms with van der Waals surface area (Å²) in [5.74, 6) is -0.0881. The number of benzene rings is 2. The van der Waals surface area contributed by atoms with Crippen molar-refractivity contribution in [1.82, 2.24) is 16.0 Å². The van der Waals surface area contributed by atoms with Gasteiger partial charge in [0.15, 0.2) is 0 Å². The van der Waals surface area contributed by atoms with Gasteiger partial charge in [0.05, 0.1) is 0 Å². The normalized spacial score (nSPS) is 15.6. The van der Waals surface area contributed by atoms with Crippen LogP contribution in [0.15, 0.2) is 72.3 Å². The van der Waals surface area contributed by atoms with Gasteiger partial charge in [0, 0.05) is 36.3 Å². The molecule has 0 spiro atoms. The number of amides is 3. The molecule has 0 heterocycles. The molecule has 0 unspecified atom stereocenters. The van der Waals surface area contributed by atoms with E-state index in [4.69, 9.17) is 19.9 Å². The summed E-state index contributed by atoms with van der Waals surface area (Å²) < 4.78 is 42.7. The largest absolute Gasteiger partial charge is 0.487 e. The average molecular weight is 749 g/mol. The van der Waals surface area contributed by atoms with Crippen molar-refractivity contribution in [2.24, 2.45) is 5.73 Å². The predicted molar refractivity (Wildman–Crippen MR) is 201 cm³/mol. The van der Waals surface area contributed by atoms with Crippen molar-refractivity contribution in [2.75, 3.05) is 26.3 Å². The van der Waals surface area contributed by atoms with Crippen LogP contribution < -0.4 is 31.2 Å². The van der Waals surface area contributed by atoms with Crippen LogP contribution in [0, 0.1) is 0 Å². The minimum absolute atomic E-state index is 0. The molecule has 0 saturated heterocycles. The molecular weight excluding hydrogens is 694 g/mol. The molecule has 4 rings (SSSR count). The van der Waals surface area contributed by atoms with E-state index in [0.717, 1.165) is 38.5 Å². The van der Waals surface area contributed by atoms with Crippen LogP contribution in [0.1, 0.15) is 106 Å². The van der Waals surface area contributed by atoms with Crippen LogP contribution in [0.3, 0.4) is 0 Å². The van der Waals surface area contributed by atoms with Gasteiger partial charge in [0.25, 0.3) is 11.8 Å². The molecule has 0 aliphatic heterocycles. The van der Waals surface area contributed by atoms with Crippen molar-refractivity contribution in [2.45, 2.75) is 103 Å². The topological polar surface area (TPSA) is 141 Å². The second-order valence-electron chi connectivity index (χ2n) is 13.7. The summed E-state index contributed by atoms with van der Waals surface area (Å²) in [5.41, 5.74) is 5.76. The summed E-state index contributed by atoms with van der Waals surface area (Å²) in [5, 5.41) is 8.56. The number of hydrogen-bond acceptors (Lipinski definition) is 7. The number of hydrogen-bond donors (Lipinski definition) is 4.